The van der Waals surface area contributed by atoms with Crippen LogP contribution in [0.3, 0.4) is 0 Å². The Morgan fingerprint density at radius 3 is 2.29 bits per heavy atom. The minimum absolute atomic E-state index is 0.650. The summed E-state index contributed by atoms with van der Waals surface area (Å²) in [6, 6.07) is 7.76. The van der Waals surface area contributed by atoms with Crippen LogP contribution < -0.4 is 10.5 Å². The predicted molar refractivity (Wildman–Crippen MR) is 79.5 cm³/mol. The van der Waals surface area contributed by atoms with Crippen molar-refractivity contribution in [1.82, 2.24) is 4.57 Å². The summed E-state index contributed by atoms with van der Waals surface area (Å²) in [6.45, 7) is 0. The molecule has 0 fully saturated rings. The fourth-order valence-electron chi connectivity index (χ4n) is 1.64. The zero-order valence-electron chi connectivity index (χ0n) is 9.50. The van der Waals surface area contributed by atoms with Gasteiger partial charge >= 0.3 is 0 Å². The molecule has 1 aromatic heterocycles. The van der Waals surface area contributed by atoms with E-state index in [9.17, 15) is 0 Å². The Labute approximate surface area is 119 Å². The van der Waals surface area contributed by atoms with E-state index in [-0.39, 0.29) is 0 Å². The molecule has 3 nitrogen and oxygen atoms in total. The van der Waals surface area contributed by atoms with Gasteiger partial charge in [-0.2, -0.15) is 0 Å². The number of aromatic nitrogens is 1. The molecule has 5 heteroatoms. The molecule has 0 unspecified atom stereocenters. The Bertz CT molecular complexity index is 523. The molecule has 0 amide bonds. The number of rotatable bonds is 2. The van der Waals surface area contributed by atoms with Crippen molar-refractivity contribution in [3.05, 3.63) is 33.0 Å². The van der Waals surface area contributed by atoms with Crippen molar-refractivity contribution in [1.29, 1.82) is 0 Å². The fourth-order valence-corrected chi connectivity index (χ4v) is 3.03. The van der Waals surface area contributed by atoms with Crippen LogP contribution in [0.15, 0.2) is 24.3 Å². The molecular formula is C12H12ClIN2O. The second-order valence-electron chi connectivity index (χ2n) is 3.65. The van der Waals surface area contributed by atoms with Crippen molar-refractivity contribution in [2.45, 2.75) is 0 Å². The lowest BCUT2D eigenvalue weighted by Gasteiger charge is -2.03. The smallest absolute Gasteiger partial charge is 0.119 e. The van der Waals surface area contributed by atoms with E-state index in [1.165, 1.54) is 0 Å². The molecule has 0 bridgehead atoms. The second kappa shape index (κ2) is 4.78. The van der Waals surface area contributed by atoms with Crippen LogP contribution in [0.25, 0.3) is 11.1 Å². The zero-order valence-corrected chi connectivity index (χ0v) is 12.4. The quantitative estimate of drug-likeness (QED) is 0.830. The van der Waals surface area contributed by atoms with Crippen molar-refractivity contribution < 1.29 is 4.74 Å². The monoisotopic (exact) mass is 362 g/mol. The van der Waals surface area contributed by atoms with Crippen LogP contribution in [0.5, 0.6) is 5.75 Å². The molecule has 17 heavy (non-hydrogen) atoms. The van der Waals surface area contributed by atoms with Gasteiger partial charge in [0, 0.05) is 12.6 Å². The van der Waals surface area contributed by atoms with E-state index in [1.807, 2.05) is 31.3 Å². The van der Waals surface area contributed by atoms with Gasteiger partial charge in [-0.1, -0.05) is 23.7 Å². The molecule has 0 spiro atoms. The molecule has 0 atom stereocenters. The number of ether oxygens (including phenoxy) is 1. The molecule has 0 aliphatic heterocycles. The second-order valence-corrected chi connectivity index (χ2v) is 5.09. The number of nitrogens with two attached hydrogens (primary N) is 1. The molecule has 1 aromatic carbocycles. The minimum Gasteiger partial charge on any atom is -0.497 e. The lowest BCUT2D eigenvalue weighted by molar-refractivity contribution is 0.415. The summed E-state index contributed by atoms with van der Waals surface area (Å²) in [5.41, 5.74) is 7.95. The molecule has 0 radical (unpaired) electrons. The summed E-state index contributed by atoms with van der Waals surface area (Å²) in [5, 5.41) is 0.650. The van der Waals surface area contributed by atoms with Crippen LogP contribution in [-0.2, 0) is 7.05 Å². The molecule has 90 valence electrons. The molecule has 0 aliphatic rings. The van der Waals surface area contributed by atoms with E-state index in [0.717, 1.165) is 20.4 Å². The summed E-state index contributed by atoms with van der Waals surface area (Å²) in [6.07, 6.45) is 0. The molecule has 0 saturated carbocycles. The minimum atomic E-state index is 0.650. The van der Waals surface area contributed by atoms with Gasteiger partial charge in [-0.3, -0.25) is 0 Å². The van der Waals surface area contributed by atoms with E-state index < -0.39 is 0 Å². The lowest BCUT2D eigenvalue weighted by atomic mass is 10.1. The molecular weight excluding hydrogens is 351 g/mol. The highest BCUT2D eigenvalue weighted by Gasteiger charge is 2.17. The van der Waals surface area contributed by atoms with Crippen LogP contribution in [0, 0.1) is 3.57 Å². The number of anilines is 1. The first-order valence-corrected chi connectivity index (χ1v) is 6.45. The molecule has 0 aliphatic carbocycles. The molecule has 2 aromatic rings. The van der Waals surface area contributed by atoms with Gasteiger partial charge in [0.1, 0.15) is 16.7 Å². The Hall–Kier alpha value is -0.880. The summed E-state index contributed by atoms with van der Waals surface area (Å²) in [5.74, 6) is 1.50. The third kappa shape index (κ3) is 2.11. The number of nitrogens with zero attached hydrogens (tertiary/aromatic N) is 1. The molecule has 0 saturated heterocycles. The van der Waals surface area contributed by atoms with Gasteiger partial charge in [0.2, 0.25) is 0 Å². The highest BCUT2D eigenvalue weighted by atomic mass is 127. The van der Waals surface area contributed by atoms with Gasteiger partial charge < -0.3 is 15.0 Å². The average molecular weight is 363 g/mol. The van der Waals surface area contributed by atoms with Crippen LogP contribution in [0.1, 0.15) is 0 Å². The van der Waals surface area contributed by atoms with Crippen molar-refractivity contribution >= 4 is 40.0 Å². The van der Waals surface area contributed by atoms with Crippen LogP contribution in [0.4, 0.5) is 5.82 Å². The molecule has 2 rings (SSSR count). The van der Waals surface area contributed by atoms with Crippen LogP contribution in [0.2, 0.25) is 5.15 Å². The normalized spacial score (nSPS) is 10.6. The maximum atomic E-state index is 6.27. The summed E-state index contributed by atoms with van der Waals surface area (Å²) >= 11 is 8.49. The number of halogens is 2. The van der Waals surface area contributed by atoms with Crippen molar-refractivity contribution in [3.63, 3.8) is 0 Å². The van der Waals surface area contributed by atoms with E-state index in [0.29, 0.717) is 11.0 Å². The van der Waals surface area contributed by atoms with Gasteiger partial charge in [0.15, 0.2) is 0 Å². The van der Waals surface area contributed by atoms with E-state index in [4.69, 9.17) is 22.1 Å². The molecule has 1 heterocycles. The van der Waals surface area contributed by atoms with E-state index in [2.05, 4.69) is 22.6 Å². The SMILES string of the molecule is COc1ccc(-c2c(I)c(N)n(C)c2Cl)cc1. The maximum Gasteiger partial charge on any atom is 0.119 e. The molecule has 2 N–H and O–H groups in total. The van der Waals surface area contributed by atoms with E-state index in [1.54, 1.807) is 11.7 Å². The lowest BCUT2D eigenvalue weighted by Crippen LogP contribution is -1.96. The summed E-state index contributed by atoms with van der Waals surface area (Å²) in [4.78, 5) is 0. The first kappa shape index (κ1) is 12.6. The highest BCUT2D eigenvalue weighted by Crippen LogP contribution is 2.38. The van der Waals surface area contributed by atoms with Gasteiger partial charge in [-0.25, -0.2) is 0 Å². The largest absolute Gasteiger partial charge is 0.497 e. The number of hydrogen-bond donors (Lipinski definition) is 1. The Kier molecular flexibility index (Phi) is 3.53. The van der Waals surface area contributed by atoms with Crippen LogP contribution >= 0.6 is 34.2 Å². The van der Waals surface area contributed by atoms with Gasteiger partial charge in [0.05, 0.1) is 10.7 Å². The van der Waals surface area contributed by atoms with Crippen molar-refractivity contribution in [2.75, 3.05) is 12.8 Å². The van der Waals surface area contributed by atoms with Crippen molar-refractivity contribution in [2.24, 2.45) is 7.05 Å². The first-order valence-electron chi connectivity index (χ1n) is 4.99. The summed E-state index contributed by atoms with van der Waals surface area (Å²) in [7, 11) is 3.50. The van der Waals surface area contributed by atoms with Crippen LogP contribution in [-0.4, -0.2) is 11.7 Å². The zero-order chi connectivity index (χ0) is 12.6. The Balaban J connectivity index is 2.56. The van der Waals surface area contributed by atoms with E-state index >= 15 is 0 Å². The van der Waals surface area contributed by atoms with Gasteiger partial charge in [-0.05, 0) is 40.3 Å². The fraction of sp³-hybridized carbons (Fsp3) is 0.167. The first-order chi connectivity index (χ1) is 8.06. The standard InChI is InChI=1S/C12H12ClIN2O/c1-16-11(13)9(10(14)12(16)15)7-3-5-8(17-2)6-4-7/h3-6H,15H2,1-2H3. The third-order valence-corrected chi connectivity index (χ3v) is 4.22. The van der Waals surface area contributed by atoms with Gasteiger partial charge in [-0.15, -0.1) is 0 Å². The highest BCUT2D eigenvalue weighted by molar-refractivity contribution is 14.1. The predicted octanol–water partition coefficient (Wildman–Crippen LogP) is 3.54. The number of nitrogen functional groups attached to an aromatic ring is 1. The van der Waals surface area contributed by atoms with Crippen molar-refractivity contribution in [3.8, 4) is 16.9 Å². The maximum absolute atomic E-state index is 6.27. The Morgan fingerprint density at radius 1 is 1.29 bits per heavy atom. The third-order valence-electron chi connectivity index (χ3n) is 2.69. The number of hydrogen-bond acceptors (Lipinski definition) is 2. The Morgan fingerprint density at radius 2 is 1.88 bits per heavy atom. The average Bonchev–Trinajstić information content (AvgIpc) is 2.54. The number of methoxy groups -OCH3 is 1. The topological polar surface area (TPSA) is 40.2 Å². The number of benzene rings is 1. The van der Waals surface area contributed by atoms with Gasteiger partial charge in [0.25, 0.3) is 0 Å². The summed E-state index contributed by atoms with van der Waals surface area (Å²) < 4.78 is 7.88.